The number of aromatic nitrogens is 1. The maximum Gasteiger partial charge on any atom is 0.381 e. The van der Waals surface area contributed by atoms with E-state index in [2.05, 4.69) is 41.0 Å². The molecule has 0 N–H and O–H groups in total. The van der Waals surface area contributed by atoms with Crippen molar-refractivity contribution in [2.45, 2.75) is 6.54 Å². The Kier molecular flexibility index (Phi) is 13.8. The van der Waals surface area contributed by atoms with Crippen LogP contribution in [0.25, 0.3) is 10.8 Å². The Hall–Kier alpha value is -8.10. The van der Waals surface area contributed by atoms with E-state index in [1.807, 2.05) is 48.7 Å². The van der Waals surface area contributed by atoms with E-state index in [0.29, 0.717) is 11.3 Å². The second-order valence-electron chi connectivity index (χ2n) is 14.9. The van der Waals surface area contributed by atoms with Crippen LogP contribution in [0.4, 0.5) is 87.8 Å². The van der Waals surface area contributed by atoms with Crippen LogP contribution in [-0.2, 0) is 6.54 Å². The number of ether oxygens (including phenoxy) is 1. The lowest BCUT2D eigenvalue weighted by molar-refractivity contribution is -0.691. The van der Waals surface area contributed by atoms with Crippen molar-refractivity contribution >= 4 is 38.8 Å². The molecule has 24 heteroatoms. The molecule has 0 aliphatic carbocycles. The first-order valence-corrected chi connectivity index (χ1v) is 19.4. The molecule has 3 nitrogen and oxygen atoms in total. The number of rotatable bonds is 8. The molecule has 71 heavy (non-hydrogen) atoms. The van der Waals surface area contributed by atoms with Gasteiger partial charge < -0.3 is 4.74 Å². The highest BCUT2D eigenvalue weighted by molar-refractivity contribution is 7.20. The lowest BCUT2D eigenvalue weighted by Crippen LogP contribution is -2.81. The van der Waals surface area contributed by atoms with Gasteiger partial charge in [-0.3, -0.25) is 0 Å². The molecule has 1 aromatic heterocycles. The molecule has 0 aliphatic rings. The van der Waals surface area contributed by atoms with Crippen LogP contribution in [0.3, 0.4) is 0 Å². The fraction of sp³-hybridized carbons (Fsp3) is 0.0213. The molecule has 0 spiro atoms. The number of nitrogens with zero attached hydrogens (tertiary/aromatic N) is 2. The van der Waals surface area contributed by atoms with Gasteiger partial charge in [-0.2, -0.15) is 9.83 Å². The number of hydrogen-bond donors (Lipinski definition) is 0. The highest BCUT2D eigenvalue weighted by atomic mass is 19.2. The standard InChI is InChI=1S/C24BF20.C23H17N2O/c26-5-1(6(27)14(35)21(42)13(5)34)25(2-7(28)15(36)22(43)16(37)8(2)29,3-9(30)17(38)23(44)18(39)10(3)31)4-11(32)19(40)24(45)20(41)12(4)33;24-16-18-10-12-21(13-11-18)26-23-22-9-5-4-8-20(22)14-15-25(23)17-19-6-2-1-3-7-19/h;1-15H,17H2/q-1;+1. The number of halogens is 20. The predicted octanol–water partition coefficient (Wildman–Crippen LogP) is 10.7. The van der Waals surface area contributed by atoms with Crippen LogP contribution in [-0.4, -0.2) is 6.15 Å². The monoisotopic (exact) mass is 1020 g/mol. The number of fused-ring (bicyclic) bond motifs is 1. The third-order valence-electron chi connectivity index (χ3n) is 11.0. The highest BCUT2D eigenvalue weighted by Gasteiger charge is 2.52. The average molecular weight is 1020 g/mol. The lowest BCUT2D eigenvalue weighted by Gasteiger charge is -2.44. The summed E-state index contributed by atoms with van der Waals surface area (Å²) in [6.45, 7) is 0.720. The van der Waals surface area contributed by atoms with Crippen molar-refractivity contribution in [2.75, 3.05) is 0 Å². The topological polar surface area (TPSA) is 36.9 Å². The largest absolute Gasteiger partial charge is 0.405 e. The van der Waals surface area contributed by atoms with E-state index in [1.54, 1.807) is 12.1 Å². The molecule has 0 unspecified atom stereocenters. The van der Waals surface area contributed by atoms with Crippen LogP contribution >= 0.6 is 0 Å². The Labute approximate surface area is 383 Å². The molecule has 8 aromatic rings. The first-order chi connectivity index (χ1) is 33.5. The summed E-state index contributed by atoms with van der Waals surface area (Å²) < 4.78 is 302. The van der Waals surface area contributed by atoms with Crippen molar-refractivity contribution in [3.63, 3.8) is 0 Å². The number of nitriles is 1. The van der Waals surface area contributed by atoms with Crippen molar-refractivity contribution < 1.29 is 97.1 Å². The summed E-state index contributed by atoms with van der Waals surface area (Å²) in [5.74, 6) is -69.9. The molecule has 0 aliphatic heterocycles. The van der Waals surface area contributed by atoms with Gasteiger partial charge in [0.15, 0.2) is 82.5 Å². The first kappa shape index (κ1) is 50.8. The summed E-state index contributed by atoms with van der Waals surface area (Å²) in [5, 5.41) is 11.1. The smallest absolute Gasteiger partial charge is 0.381 e. The van der Waals surface area contributed by atoms with Crippen molar-refractivity contribution in [1.82, 2.24) is 0 Å². The van der Waals surface area contributed by atoms with E-state index in [4.69, 9.17) is 10.00 Å². The van der Waals surface area contributed by atoms with E-state index in [-0.39, 0.29) is 0 Å². The van der Waals surface area contributed by atoms with E-state index in [9.17, 15) is 52.7 Å². The van der Waals surface area contributed by atoms with E-state index in [0.717, 1.165) is 23.2 Å². The Balaban J connectivity index is 0.000000240. The van der Waals surface area contributed by atoms with Crippen molar-refractivity contribution in [2.24, 2.45) is 0 Å². The quantitative estimate of drug-likeness (QED) is 0.0500. The maximum atomic E-state index is 15.4. The number of pyridine rings is 1. The zero-order valence-electron chi connectivity index (χ0n) is 34.3. The van der Waals surface area contributed by atoms with Gasteiger partial charge in [0, 0.05) is 11.6 Å². The van der Waals surface area contributed by atoms with Crippen LogP contribution in [0.2, 0.25) is 0 Å². The van der Waals surface area contributed by atoms with Crippen LogP contribution in [0.15, 0.2) is 91.1 Å². The third kappa shape index (κ3) is 8.27. The van der Waals surface area contributed by atoms with Gasteiger partial charge in [0.05, 0.1) is 17.0 Å². The molecule has 0 saturated carbocycles. The average Bonchev–Trinajstić information content (AvgIpc) is 3.37. The normalized spacial score (nSPS) is 11.4. The zero-order chi connectivity index (χ0) is 52.1. The van der Waals surface area contributed by atoms with Crippen molar-refractivity contribution in [1.29, 1.82) is 5.26 Å². The van der Waals surface area contributed by atoms with Gasteiger partial charge in [-0.05, 0) is 35.7 Å². The molecule has 0 atom stereocenters. The Morgan fingerprint density at radius 2 is 0.704 bits per heavy atom. The molecule has 0 radical (unpaired) electrons. The maximum absolute atomic E-state index is 15.4. The predicted molar refractivity (Wildman–Crippen MR) is 210 cm³/mol. The van der Waals surface area contributed by atoms with E-state index >= 15 is 35.1 Å². The molecular weight excluding hydrogens is 999 g/mol. The van der Waals surface area contributed by atoms with E-state index in [1.165, 1.54) is 5.56 Å². The Morgan fingerprint density at radius 3 is 1.06 bits per heavy atom. The van der Waals surface area contributed by atoms with Gasteiger partial charge in [0.25, 0.3) is 0 Å². The van der Waals surface area contributed by atoms with Gasteiger partial charge in [-0.15, -0.1) is 21.9 Å². The minimum Gasteiger partial charge on any atom is -0.405 e. The molecule has 0 saturated heterocycles. The van der Waals surface area contributed by atoms with Gasteiger partial charge >= 0.3 is 5.88 Å². The summed E-state index contributed by atoms with van der Waals surface area (Å²) in [4.78, 5) is 0. The van der Waals surface area contributed by atoms with Crippen molar-refractivity contribution in [3.05, 3.63) is 219 Å². The lowest BCUT2D eigenvalue weighted by atomic mass is 9.12. The SMILES string of the molecule is Fc1c(F)c(F)c([B-](c2c(F)c(F)c(F)c(F)c2F)(c2c(F)c(F)c(F)c(F)c2F)c2c(F)c(F)c(F)c(F)c2F)c(F)c1F.N#Cc1ccc(Oc2c3ccccc3cc[n+]2Cc2ccccc2)cc1. The number of hydrogen-bond acceptors (Lipinski definition) is 2. The van der Waals surface area contributed by atoms with E-state index < -0.39 is 144 Å². The molecular formula is C47H17BF20N2O. The highest BCUT2D eigenvalue weighted by Crippen LogP contribution is 2.32. The van der Waals surface area contributed by atoms with Gasteiger partial charge in [0.2, 0.25) is 0 Å². The van der Waals surface area contributed by atoms with Gasteiger partial charge in [-0.25, -0.2) is 87.8 Å². The second-order valence-corrected chi connectivity index (χ2v) is 14.9. The van der Waals surface area contributed by atoms with Crippen LogP contribution in [0.1, 0.15) is 11.1 Å². The Morgan fingerprint density at radius 1 is 0.380 bits per heavy atom. The second kappa shape index (κ2) is 19.4. The summed E-state index contributed by atoms with van der Waals surface area (Å²) in [6, 6.07) is 29.9. The van der Waals surface area contributed by atoms with Crippen LogP contribution in [0.5, 0.6) is 11.6 Å². The summed E-state index contributed by atoms with van der Waals surface area (Å²) in [7, 11) is 0. The molecule has 0 amide bonds. The summed E-state index contributed by atoms with van der Waals surface area (Å²) in [6.07, 6.45) is -5.17. The number of benzene rings is 7. The van der Waals surface area contributed by atoms with Crippen LogP contribution < -0.4 is 31.2 Å². The molecule has 7 aromatic carbocycles. The fourth-order valence-electron chi connectivity index (χ4n) is 7.83. The summed E-state index contributed by atoms with van der Waals surface area (Å²) in [5.41, 5.74) is -12.5. The molecule has 0 fully saturated rings. The molecule has 1 heterocycles. The molecule has 8 rings (SSSR count). The first-order valence-electron chi connectivity index (χ1n) is 19.4. The van der Waals surface area contributed by atoms with Crippen molar-refractivity contribution in [3.8, 4) is 17.7 Å². The van der Waals surface area contributed by atoms with Gasteiger partial charge in [0.1, 0.15) is 58.4 Å². The fourth-order valence-corrected chi connectivity index (χ4v) is 7.83. The molecule has 0 bridgehead atoms. The minimum atomic E-state index is -7.22. The summed E-state index contributed by atoms with van der Waals surface area (Å²) >= 11 is 0. The zero-order valence-corrected chi connectivity index (χ0v) is 34.3. The van der Waals surface area contributed by atoms with Crippen LogP contribution in [0, 0.1) is 128 Å². The minimum absolute atomic E-state index is 0.618. The van der Waals surface area contributed by atoms with Gasteiger partial charge in [-0.1, -0.05) is 48.5 Å². The third-order valence-corrected chi connectivity index (χ3v) is 11.0. The Bertz CT molecular complexity index is 3120. The molecule has 364 valence electrons.